The number of aromatic nitrogens is 2. The van der Waals surface area contributed by atoms with E-state index in [2.05, 4.69) is 21.0 Å². The van der Waals surface area contributed by atoms with E-state index in [1.807, 2.05) is 41.5 Å². The first-order valence-corrected chi connectivity index (χ1v) is 6.28. The van der Waals surface area contributed by atoms with E-state index in [0.717, 1.165) is 10.2 Å². The minimum Gasteiger partial charge on any atom is -0.476 e. The predicted octanol–water partition coefficient (Wildman–Crippen LogP) is 3.40. The molecule has 1 N–H and O–H groups in total. The van der Waals surface area contributed by atoms with Crippen molar-refractivity contribution >= 4 is 21.9 Å². The highest BCUT2D eigenvalue weighted by Gasteiger charge is 2.32. The summed E-state index contributed by atoms with van der Waals surface area (Å²) in [6, 6.07) is 0. The maximum absolute atomic E-state index is 11.3. The van der Waals surface area contributed by atoms with Gasteiger partial charge in [-0.05, 0) is 42.1 Å². The summed E-state index contributed by atoms with van der Waals surface area (Å²) in [5.74, 6) is -0.987. The van der Waals surface area contributed by atoms with E-state index < -0.39 is 5.97 Å². The number of rotatable bonds is 1. The Kier molecular flexibility index (Phi) is 3.45. The summed E-state index contributed by atoms with van der Waals surface area (Å²) in [6.07, 6.45) is 0. The topological polar surface area (TPSA) is 55.1 Å². The van der Waals surface area contributed by atoms with Crippen molar-refractivity contribution in [2.75, 3.05) is 0 Å². The molecule has 4 nitrogen and oxygen atoms in total. The molecule has 96 valence electrons. The van der Waals surface area contributed by atoms with E-state index in [1.165, 1.54) is 0 Å². The van der Waals surface area contributed by atoms with Crippen molar-refractivity contribution in [3.05, 3.63) is 15.9 Å². The van der Waals surface area contributed by atoms with Gasteiger partial charge < -0.3 is 5.11 Å². The predicted molar refractivity (Wildman–Crippen MR) is 70.6 cm³/mol. The summed E-state index contributed by atoms with van der Waals surface area (Å²) in [7, 11) is 0. The van der Waals surface area contributed by atoms with Crippen LogP contribution >= 0.6 is 15.9 Å². The van der Waals surface area contributed by atoms with Gasteiger partial charge in [0, 0.05) is 5.56 Å². The highest BCUT2D eigenvalue weighted by Crippen LogP contribution is 2.35. The number of carboxylic acids is 1. The third-order valence-electron chi connectivity index (χ3n) is 2.42. The van der Waals surface area contributed by atoms with Gasteiger partial charge in [-0.15, -0.1) is 0 Å². The van der Waals surface area contributed by atoms with Gasteiger partial charge in [-0.3, -0.25) is 4.68 Å². The molecular weight excluding hydrogens is 284 g/mol. The lowest BCUT2D eigenvalue weighted by Gasteiger charge is -2.22. The van der Waals surface area contributed by atoms with E-state index in [4.69, 9.17) is 0 Å². The number of aromatic carboxylic acids is 1. The quantitative estimate of drug-likeness (QED) is 0.865. The minimum absolute atomic E-state index is 0.124. The minimum atomic E-state index is -0.987. The molecule has 1 heterocycles. The van der Waals surface area contributed by atoms with Gasteiger partial charge in [0.15, 0.2) is 5.69 Å². The zero-order chi connectivity index (χ0) is 13.6. The Morgan fingerprint density at radius 2 is 1.71 bits per heavy atom. The van der Waals surface area contributed by atoms with Crippen LogP contribution < -0.4 is 0 Å². The molecule has 0 spiro atoms. The molecule has 0 aliphatic carbocycles. The second-order valence-electron chi connectivity index (χ2n) is 6.15. The molecule has 0 saturated carbocycles. The molecule has 5 heteroatoms. The van der Waals surface area contributed by atoms with Gasteiger partial charge in [0.2, 0.25) is 0 Å². The molecule has 0 aromatic carbocycles. The van der Waals surface area contributed by atoms with Gasteiger partial charge in [-0.1, -0.05) is 20.8 Å². The first-order chi connectivity index (χ1) is 7.46. The van der Waals surface area contributed by atoms with Crippen molar-refractivity contribution in [1.29, 1.82) is 0 Å². The van der Waals surface area contributed by atoms with Crippen LogP contribution in [0.1, 0.15) is 57.6 Å². The van der Waals surface area contributed by atoms with Crippen LogP contribution in [0.15, 0.2) is 4.60 Å². The molecule has 1 rings (SSSR count). The van der Waals surface area contributed by atoms with Gasteiger partial charge >= 0.3 is 5.97 Å². The van der Waals surface area contributed by atoms with Gasteiger partial charge in [-0.25, -0.2) is 4.79 Å². The van der Waals surface area contributed by atoms with Crippen LogP contribution in [-0.4, -0.2) is 20.9 Å². The van der Waals surface area contributed by atoms with Gasteiger partial charge in [0.25, 0.3) is 0 Å². The van der Waals surface area contributed by atoms with Crippen LogP contribution in [0.3, 0.4) is 0 Å². The Morgan fingerprint density at radius 1 is 1.24 bits per heavy atom. The van der Waals surface area contributed by atoms with Gasteiger partial charge in [-0.2, -0.15) is 5.10 Å². The van der Waals surface area contributed by atoms with Crippen molar-refractivity contribution in [3.8, 4) is 0 Å². The molecule has 0 unspecified atom stereocenters. The number of hydrogen-bond donors (Lipinski definition) is 1. The number of halogens is 1. The van der Waals surface area contributed by atoms with E-state index in [9.17, 15) is 9.90 Å². The van der Waals surface area contributed by atoms with Gasteiger partial charge in [0.1, 0.15) is 4.60 Å². The largest absolute Gasteiger partial charge is 0.476 e. The molecule has 0 aliphatic heterocycles. The number of nitrogens with zero attached hydrogens (tertiary/aromatic N) is 2. The second-order valence-corrected chi connectivity index (χ2v) is 6.90. The Hall–Kier alpha value is -0.840. The molecule has 0 bridgehead atoms. The highest BCUT2D eigenvalue weighted by molar-refractivity contribution is 9.10. The molecule has 0 saturated heterocycles. The van der Waals surface area contributed by atoms with E-state index >= 15 is 0 Å². The van der Waals surface area contributed by atoms with E-state index in [1.54, 1.807) is 4.68 Å². The lowest BCUT2D eigenvalue weighted by atomic mass is 9.87. The third kappa shape index (κ3) is 2.70. The Labute approximate surface area is 110 Å². The zero-order valence-electron chi connectivity index (χ0n) is 11.1. The smallest absolute Gasteiger partial charge is 0.356 e. The summed E-state index contributed by atoms with van der Waals surface area (Å²) in [5, 5.41) is 13.5. The molecular formula is C12H19BrN2O2. The fourth-order valence-corrected chi connectivity index (χ4v) is 3.05. The van der Waals surface area contributed by atoms with Crippen molar-refractivity contribution in [2.45, 2.75) is 52.5 Å². The summed E-state index contributed by atoms with van der Waals surface area (Å²) < 4.78 is 2.46. The van der Waals surface area contributed by atoms with Crippen molar-refractivity contribution in [2.24, 2.45) is 0 Å². The average Bonchev–Trinajstić information content (AvgIpc) is 2.40. The summed E-state index contributed by atoms with van der Waals surface area (Å²) in [6.45, 7) is 11.9. The standard InChI is InChI=1S/C12H19BrN2O2/c1-11(2,3)7-8(10(16)17)14-15(9(7)13)12(4,5)6/h1-6H3,(H,16,17). The van der Waals surface area contributed by atoms with Crippen LogP contribution in [0.2, 0.25) is 0 Å². The van der Waals surface area contributed by atoms with Crippen molar-refractivity contribution in [1.82, 2.24) is 9.78 Å². The van der Waals surface area contributed by atoms with E-state index in [-0.39, 0.29) is 16.6 Å². The Balaban J connectivity index is 3.59. The number of carbonyl (C=O) groups is 1. The molecule has 0 atom stereocenters. The molecule has 1 aromatic heterocycles. The maximum Gasteiger partial charge on any atom is 0.356 e. The average molecular weight is 303 g/mol. The monoisotopic (exact) mass is 302 g/mol. The molecule has 0 radical (unpaired) electrons. The van der Waals surface area contributed by atoms with Crippen molar-refractivity contribution < 1.29 is 9.90 Å². The summed E-state index contributed by atoms with van der Waals surface area (Å²) in [5.41, 5.74) is 0.335. The van der Waals surface area contributed by atoms with Crippen LogP contribution in [0.5, 0.6) is 0 Å². The van der Waals surface area contributed by atoms with Crippen LogP contribution in [0.25, 0.3) is 0 Å². The SMILES string of the molecule is CC(C)(C)c1c(C(=O)O)nn(C(C)(C)C)c1Br. The molecule has 0 fully saturated rings. The lowest BCUT2D eigenvalue weighted by Crippen LogP contribution is -2.24. The van der Waals surface area contributed by atoms with Crippen LogP contribution in [-0.2, 0) is 11.0 Å². The van der Waals surface area contributed by atoms with Crippen LogP contribution in [0.4, 0.5) is 0 Å². The third-order valence-corrected chi connectivity index (χ3v) is 3.15. The fraction of sp³-hybridized carbons (Fsp3) is 0.667. The first-order valence-electron chi connectivity index (χ1n) is 5.49. The molecule has 0 aliphatic rings. The fourth-order valence-electron chi connectivity index (χ4n) is 1.66. The normalized spacial score (nSPS) is 12.9. The maximum atomic E-state index is 11.3. The molecule has 0 amide bonds. The summed E-state index contributed by atoms with van der Waals surface area (Å²) in [4.78, 5) is 11.3. The highest BCUT2D eigenvalue weighted by atomic mass is 79.9. The zero-order valence-corrected chi connectivity index (χ0v) is 12.7. The molecule has 17 heavy (non-hydrogen) atoms. The lowest BCUT2D eigenvalue weighted by molar-refractivity contribution is 0.0686. The first kappa shape index (κ1) is 14.2. The Bertz CT molecular complexity index is 450. The second kappa shape index (κ2) is 4.12. The molecule has 1 aromatic rings. The number of carboxylic acid groups (broad SMARTS) is 1. The van der Waals surface area contributed by atoms with Gasteiger partial charge in [0.05, 0.1) is 5.54 Å². The Morgan fingerprint density at radius 3 is 1.94 bits per heavy atom. The number of hydrogen-bond acceptors (Lipinski definition) is 2. The van der Waals surface area contributed by atoms with Crippen LogP contribution in [0, 0.1) is 0 Å². The van der Waals surface area contributed by atoms with E-state index in [0.29, 0.717) is 0 Å². The summed E-state index contributed by atoms with van der Waals surface area (Å²) >= 11 is 3.48. The van der Waals surface area contributed by atoms with Crippen molar-refractivity contribution in [3.63, 3.8) is 0 Å².